The highest BCUT2D eigenvalue weighted by molar-refractivity contribution is 7.63. The molecule has 12 rings (SSSR count). The van der Waals surface area contributed by atoms with Gasteiger partial charge in [-0.3, -0.25) is 0 Å². The molecule has 2 heterocycles. The summed E-state index contributed by atoms with van der Waals surface area (Å²) < 4.78 is 33.0. The predicted octanol–water partition coefficient (Wildman–Crippen LogP) is 21.8. The van der Waals surface area contributed by atoms with E-state index < -0.39 is 16.8 Å². The summed E-state index contributed by atoms with van der Waals surface area (Å²) in [6.07, 6.45) is 9.95. The number of fused-ring (bicyclic) bond motifs is 4. The van der Waals surface area contributed by atoms with Gasteiger partial charge in [-0.25, -0.2) is 0 Å². The highest BCUT2D eigenvalue weighted by Crippen LogP contribution is 2.71. The van der Waals surface area contributed by atoms with Crippen molar-refractivity contribution in [3.63, 3.8) is 0 Å². The molecular formula is C76H84O4P2. The number of allylic oxidation sites excluding steroid dienone is 2. The Hall–Kier alpha value is -6.18. The van der Waals surface area contributed by atoms with Crippen LogP contribution in [0, 0.1) is 0 Å². The van der Waals surface area contributed by atoms with Gasteiger partial charge in [-0.05, 0) is 136 Å². The quantitative estimate of drug-likeness (QED) is 0.149. The van der Waals surface area contributed by atoms with Gasteiger partial charge in [-0.2, -0.15) is 0 Å². The third-order valence-electron chi connectivity index (χ3n) is 17.8. The molecule has 2 aliphatic heterocycles. The molecule has 2 aliphatic carbocycles. The highest BCUT2D eigenvalue weighted by Gasteiger charge is 2.49. The lowest BCUT2D eigenvalue weighted by atomic mass is 9.73. The van der Waals surface area contributed by atoms with E-state index in [-0.39, 0.29) is 33.5 Å². The second-order valence-corrected chi connectivity index (χ2v) is 30.5. The minimum atomic E-state index is -2.05. The summed E-state index contributed by atoms with van der Waals surface area (Å²) in [5, 5.41) is 7.11. The van der Waals surface area contributed by atoms with Crippen LogP contribution in [0.5, 0.6) is 23.0 Å². The van der Waals surface area contributed by atoms with E-state index in [1.165, 1.54) is 105 Å². The van der Waals surface area contributed by atoms with Crippen LogP contribution in [0.1, 0.15) is 212 Å². The first-order valence-corrected chi connectivity index (χ1v) is 32.8. The first-order valence-electron chi connectivity index (χ1n) is 30.4. The lowest BCUT2D eigenvalue weighted by Gasteiger charge is -2.42. The van der Waals surface area contributed by atoms with Gasteiger partial charge < -0.3 is 18.1 Å². The van der Waals surface area contributed by atoms with Crippen molar-refractivity contribution in [1.82, 2.24) is 0 Å². The van der Waals surface area contributed by atoms with Crippen molar-refractivity contribution in [3.8, 4) is 23.0 Å². The van der Waals surface area contributed by atoms with Crippen molar-refractivity contribution >= 4 is 49.7 Å². The Morgan fingerprint density at radius 1 is 0.415 bits per heavy atom. The Balaban J connectivity index is 1.27. The Kier molecular flexibility index (Phi) is 14.3. The topological polar surface area (TPSA) is 36.9 Å². The average molecular weight is 1120 g/mol. The third-order valence-corrected chi connectivity index (χ3v) is 21.2. The van der Waals surface area contributed by atoms with Crippen LogP contribution in [0.15, 0.2) is 133 Å². The lowest BCUT2D eigenvalue weighted by molar-refractivity contribution is 0.448. The monoisotopic (exact) mass is 1120 g/mol. The van der Waals surface area contributed by atoms with Gasteiger partial charge in [0, 0.05) is 46.9 Å². The molecule has 422 valence electrons. The molecule has 4 nitrogen and oxygen atoms in total. The molecule has 2 atom stereocenters. The molecule has 82 heavy (non-hydrogen) atoms. The summed E-state index contributed by atoms with van der Waals surface area (Å²) in [7, 11) is -4.08. The first kappa shape index (κ1) is 56.3. The SMILES string of the molecule is CCc1cc2c(c(C(C)(C)C)c1)OP(C1=C(P3Oc4c(cc(CC)cc4C(C)(C)C)Cc4cc(CC)cc(C(C)(C)C)c4O3)C(C3C=Cc4cccc5cccc3c45)c3cccc4cccc1c34)Oc1c(cc(CC)cc1C(C)(C)C)C2. The maximum absolute atomic E-state index is 8.28. The summed E-state index contributed by atoms with van der Waals surface area (Å²) >= 11 is 0. The molecule has 0 radical (unpaired) electrons. The molecule has 0 fully saturated rings. The number of hydrogen-bond acceptors (Lipinski definition) is 4. The zero-order valence-electron chi connectivity index (χ0n) is 51.6. The Morgan fingerprint density at radius 2 is 0.780 bits per heavy atom. The van der Waals surface area contributed by atoms with Crippen LogP contribution < -0.4 is 18.1 Å². The van der Waals surface area contributed by atoms with E-state index in [0.717, 1.165) is 64.9 Å². The average Bonchev–Trinajstić information content (AvgIpc) is 1.31. The van der Waals surface area contributed by atoms with Crippen molar-refractivity contribution in [2.45, 2.75) is 183 Å². The molecule has 8 aromatic carbocycles. The molecule has 0 N–H and O–H groups in total. The maximum atomic E-state index is 8.28. The summed E-state index contributed by atoms with van der Waals surface area (Å²) in [5.41, 5.74) is 18.8. The van der Waals surface area contributed by atoms with E-state index in [4.69, 9.17) is 18.1 Å². The second-order valence-electron chi connectivity index (χ2n) is 27.8. The normalized spacial score (nSPS) is 17.3. The fourth-order valence-corrected chi connectivity index (χ4v) is 17.4. The first-order chi connectivity index (χ1) is 39.0. The highest BCUT2D eigenvalue weighted by atomic mass is 31.2. The molecule has 0 saturated carbocycles. The lowest BCUT2D eigenvalue weighted by Crippen LogP contribution is -2.24. The van der Waals surface area contributed by atoms with Crippen molar-refractivity contribution in [1.29, 1.82) is 0 Å². The largest absolute Gasteiger partial charge is 0.435 e. The Labute approximate surface area is 492 Å². The van der Waals surface area contributed by atoms with Gasteiger partial charge >= 0.3 is 16.8 Å². The zero-order chi connectivity index (χ0) is 57.9. The van der Waals surface area contributed by atoms with E-state index >= 15 is 0 Å². The summed E-state index contributed by atoms with van der Waals surface area (Å²) in [6.45, 7) is 37.2. The van der Waals surface area contributed by atoms with Crippen molar-refractivity contribution in [3.05, 3.63) is 222 Å². The minimum Gasteiger partial charge on any atom is -0.435 e. The standard InChI is InChI=1S/C76H84O4P2/c1-17-45-35-52-43-53-36-46(18-2)40-61(74(8,9)10)68(53)78-81(77-67(52)60(39-45)73(5,6)7)71-59-32-24-29-50-28-23-31-58(65(50)59)66(57-34-33-51-26-21-25-49-27-22-30-56(57)64(49)51)72(71)82-79-69-54(37-47(19-3)41-62(69)75(11,12)13)44-55-38-48(20-4)42-63(70(55)80-82)76(14,15)16/h21-42,57,66H,17-20,43-44H2,1-16H3. The third kappa shape index (κ3) is 9.90. The molecule has 0 amide bonds. The van der Waals surface area contributed by atoms with Crippen molar-refractivity contribution in [2.75, 3.05) is 0 Å². The van der Waals surface area contributed by atoms with Gasteiger partial charge in [0.15, 0.2) is 0 Å². The summed E-state index contributed by atoms with van der Waals surface area (Å²) in [5.74, 6) is 3.34. The van der Waals surface area contributed by atoms with Gasteiger partial charge in [0.1, 0.15) is 23.0 Å². The Bertz CT molecular complexity index is 3780. The number of rotatable bonds is 7. The molecular weight excluding hydrogens is 1040 g/mol. The van der Waals surface area contributed by atoms with Crippen LogP contribution >= 0.6 is 16.8 Å². The Morgan fingerprint density at radius 3 is 1.18 bits per heavy atom. The molecule has 0 saturated heterocycles. The van der Waals surface area contributed by atoms with Crippen molar-refractivity contribution < 1.29 is 18.1 Å². The van der Waals surface area contributed by atoms with Crippen LogP contribution in [-0.4, -0.2) is 0 Å². The summed E-state index contributed by atoms with van der Waals surface area (Å²) in [4.78, 5) is 0. The molecule has 0 aromatic heterocycles. The van der Waals surface area contributed by atoms with Gasteiger partial charge in [0.25, 0.3) is 0 Å². The second kappa shape index (κ2) is 20.9. The van der Waals surface area contributed by atoms with Gasteiger partial charge in [-0.1, -0.05) is 244 Å². The molecule has 8 aromatic rings. The minimum absolute atomic E-state index is 0.116. The van der Waals surface area contributed by atoms with Crippen LogP contribution in [-0.2, 0) is 60.2 Å². The van der Waals surface area contributed by atoms with E-state index in [0.29, 0.717) is 12.8 Å². The summed E-state index contributed by atoms with van der Waals surface area (Å²) in [6, 6.07) is 46.9. The van der Waals surface area contributed by atoms with Crippen molar-refractivity contribution in [2.24, 2.45) is 0 Å². The van der Waals surface area contributed by atoms with Crippen LogP contribution in [0.25, 0.3) is 32.9 Å². The van der Waals surface area contributed by atoms with Crippen LogP contribution in [0.4, 0.5) is 0 Å². The maximum Gasteiger partial charge on any atom is 0.327 e. The van der Waals surface area contributed by atoms with E-state index in [1.54, 1.807) is 0 Å². The van der Waals surface area contributed by atoms with Crippen LogP contribution in [0.2, 0.25) is 0 Å². The van der Waals surface area contributed by atoms with E-state index in [1.807, 2.05) is 0 Å². The van der Waals surface area contributed by atoms with E-state index in [9.17, 15) is 0 Å². The van der Waals surface area contributed by atoms with Gasteiger partial charge in [0.05, 0.1) is 10.6 Å². The molecule has 4 aliphatic rings. The van der Waals surface area contributed by atoms with E-state index in [2.05, 4.69) is 244 Å². The number of aryl methyl sites for hydroxylation is 4. The molecule has 0 spiro atoms. The van der Waals surface area contributed by atoms with Crippen LogP contribution in [0.3, 0.4) is 0 Å². The fraction of sp³-hybridized carbons (Fsp3) is 0.368. The zero-order valence-corrected chi connectivity index (χ0v) is 53.4. The smallest absolute Gasteiger partial charge is 0.327 e. The van der Waals surface area contributed by atoms with Gasteiger partial charge in [-0.15, -0.1) is 0 Å². The predicted molar refractivity (Wildman–Crippen MR) is 349 cm³/mol. The fourth-order valence-electron chi connectivity index (χ4n) is 13.4. The van der Waals surface area contributed by atoms with Gasteiger partial charge in [0.2, 0.25) is 0 Å². The molecule has 2 unspecified atom stereocenters. The molecule has 6 heteroatoms. The number of benzene rings is 8. The molecule has 0 bridgehead atoms. The number of hydrogen-bond donors (Lipinski definition) is 0.